The lowest BCUT2D eigenvalue weighted by atomic mass is 9.97. The first-order valence-corrected chi connectivity index (χ1v) is 11.2. The molecular formula is C25H36N4O. The molecule has 1 fully saturated rings. The quantitative estimate of drug-likeness (QED) is 0.478. The highest BCUT2D eigenvalue weighted by Crippen LogP contribution is 2.23. The molecule has 1 aliphatic heterocycles. The van der Waals surface area contributed by atoms with Crippen molar-refractivity contribution in [3.8, 4) is 0 Å². The summed E-state index contributed by atoms with van der Waals surface area (Å²) in [5, 5.41) is 16.2. The van der Waals surface area contributed by atoms with Gasteiger partial charge in [0.25, 0.3) is 0 Å². The summed E-state index contributed by atoms with van der Waals surface area (Å²) < 4.78 is 0. The Morgan fingerprint density at radius 2 is 1.83 bits per heavy atom. The number of nitrogens with zero attached hydrogens (tertiary/aromatic N) is 2. The SMILES string of the molecule is CCNC(=NCc1ccc(N2CCC(CO)CC2)cc1)NC(C)c1ccccc1C. The zero-order chi connectivity index (χ0) is 21.3. The van der Waals surface area contributed by atoms with Crippen LogP contribution in [0.3, 0.4) is 0 Å². The topological polar surface area (TPSA) is 59.9 Å². The van der Waals surface area contributed by atoms with E-state index < -0.39 is 0 Å². The third kappa shape index (κ3) is 5.99. The van der Waals surface area contributed by atoms with Crippen molar-refractivity contribution < 1.29 is 5.11 Å². The van der Waals surface area contributed by atoms with E-state index in [0.29, 0.717) is 19.1 Å². The van der Waals surface area contributed by atoms with Crippen LogP contribution in [-0.4, -0.2) is 37.3 Å². The zero-order valence-corrected chi connectivity index (χ0v) is 18.6. The van der Waals surface area contributed by atoms with E-state index in [2.05, 4.69) is 84.8 Å². The molecule has 0 radical (unpaired) electrons. The van der Waals surface area contributed by atoms with Crippen molar-refractivity contribution in [2.75, 3.05) is 31.1 Å². The number of aliphatic imine (C=N–C) groups is 1. The molecule has 1 saturated heterocycles. The van der Waals surface area contributed by atoms with Crippen LogP contribution in [0.5, 0.6) is 0 Å². The molecule has 0 amide bonds. The van der Waals surface area contributed by atoms with E-state index in [1.807, 2.05) is 0 Å². The number of aliphatic hydroxyl groups excluding tert-OH is 1. The molecule has 0 aliphatic carbocycles. The first-order chi connectivity index (χ1) is 14.6. The van der Waals surface area contributed by atoms with E-state index in [1.165, 1.54) is 22.4 Å². The Labute approximate surface area is 181 Å². The van der Waals surface area contributed by atoms with Gasteiger partial charge >= 0.3 is 0 Å². The van der Waals surface area contributed by atoms with Crippen molar-refractivity contribution in [1.29, 1.82) is 0 Å². The van der Waals surface area contributed by atoms with E-state index in [9.17, 15) is 5.11 Å². The summed E-state index contributed by atoms with van der Waals surface area (Å²) in [4.78, 5) is 7.21. The Bertz CT molecular complexity index is 810. The number of anilines is 1. The summed E-state index contributed by atoms with van der Waals surface area (Å²) >= 11 is 0. The van der Waals surface area contributed by atoms with Gasteiger partial charge in [-0.15, -0.1) is 0 Å². The fourth-order valence-electron chi connectivity index (χ4n) is 4.03. The highest BCUT2D eigenvalue weighted by Gasteiger charge is 2.18. The molecule has 5 heteroatoms. The predicted molar refractivity (Wildman–Crippen MR) is 126 cm³/mol. The molecule has 1 aliphatic rings. The van der Waals surface area contributed by atoms with Crippen LogP contribution in [0.1, 0.15) is 49.4 Å². The number of aliphatic hydroxyl groups is 1. The Balaban J connectivity index is 1.60. The predicted octanol–water partition coefficient (Wildman–Crippen LogP) is 4.02. The van der Waals surface area contributed by atoms with Gasteiger partial charge in [-0.3, -0.25) is 0 Å². The molecule has 0 saturated carbocycles. The molecule has 0 spiro atoms. The van der Waals surface area contributed by atoms with Crippen LogP contribution in [0.15, 0.2) is 53.5 Å². The number of rotatable bonds is 7. The van der Waals surface area contributed by atoms with Gasteiger partial charge in [-0.25, -0.2) is 4.99 Å². The van der Waals surface area contributed by atoms with Crippen LogP contribution in [0, 0.1) is 12.8 Å². The summed E-state index contributed by atoms with van der Waals surface area (Å²) in [6.45, 7) is 10.2. The third-order valence-corrected chi connectivity index (χ3v) is 5.95. The van der Waals surface area contributed by atoms with Gasteiger partial charge in [-0.05, 0) is 68.4 Å². The fourth-order valence-corrected chi connectivity index (χ4v) is 4.03. The highest BCUT2D eigenvalue weighted by molar-refractivity contribution is 5.80. The van der Waals surface area contributed by atoms with Crippen LogP contribution < -0.4 is 15.5 Å². The average Bonchev–Trinajstić information content (AvgIpc) is 2.78. The van der Waals surface area contributed by atoms with Crippen LogP contribution in [0.4, 0.5) is 5.69 Å². The van der Waals surface area contributed by atoms with Gasteiger partial charge in [0.15, 0.2) is 5.96 Å². The van der Waals surface area contributed by atoms with E-state index in [4.69, 9.17) is 4.99 Å². The van der Waals surface area contributed by atoms with Crippen LogP contribution >= 0.6 is 0 Å². The lowest BCUT2D eigenvalue weighted by Gasteiger charge is -2.32. The second-order valence-electron chi connectivity index (χ2n) is 8.20. The highest BCUT2D eigenvalue weighted by atomic mass is 16.3. The zero-order valence-electron chi connectivity index (χ0n) is 18.6. The molecule has 5 nitrogen and oxygen atoms in total. The van der Waals surface area contributed by atoms with E-state index >= 15 is 0 Å². The number of nitrogens with one attached hydrogen (secondary N) is 2. The summed E-state index contributed by atoms with van der Waals surface area (Å²) in [5.74, 6) is 1.30. The molecule has 162 valence electrons. The molecule has 2 aromatic carbocycles. The Hall–Kier alpha value is -2.53. The van der Waals surface area contributed by atoms with Crippen LogP contribution in [0.2, 0.25) is 0 Å². The fraction of sp³-hybridized carbons (Fsp3) is 0.480. The minimum Gasteiger partial charge on any atom is -0.396 e. The van der Waals surface area contributed by atoms with Crippen molar-refractivity contribution in [2.45, 2.75) is 46.2 Å². The number of piperidine rings is 1. The minimum absolute atomic E-state index is 0.188. The van der Waals surface area contributed by atoms with Gasteiger partial charge in [0.2, 0.25) is 0 Å². The van der Waals surface area contributed by atoms with Crippen molar-refractivity contribution in [3.05, 3.63) is 65.2 Å². The Morgan fingerprint density at radius 3 is 2.47 bits per heavy atom. The summed E-state index contributed by atoms with van der Waals surface area (Å²) in [7, 11) is 0. The number of aryl methyl sites for hydroxylation is 1. The number of hydrogen-bond acceptors (Lipinski definition) is 3. The maximum atomic E-state index is 9.32. The standard InChI is InChI=1S/C25H36N4O/c1-4-26-25(28-20(3)24-8-6-5-7-19(24)2)27-17-21-9-11-23(12-10-21)29-15-13-22(18-30)14-16-29/h5-12,20,22,30H,4,13-18H2,1-3H3,(H2,26,27,28). The molecule has 0 aromatic heterocycles. The maximum absolute atomic E-state index is 9.32. The molecule has 2 aromatic rings. The lowest BCUT2D eigenvalue weighted by molar-refractivity contribution is 0.203. The summed E-state index contributed by atoms with van der Waals surface area (Å²) in [6.07, 6.45) is 2.14. The number of benzene rings is 2. The monoisotopic (exact) mass is 408 g/mol. The van der Waals surface area contributed by atoms with Gasteiger partial charge in [0.05, 0.1) is 12.6 Å². The van der Waals surface area contributed by atoms with E-state index in [1.54, 1.807) is 0 Å². The minimum atomic E-state index is 0.188. The van der Waals surface area contributed by atoms with Crippen molar-refractivity contribution in [1.82, 2.24) is 10.6 Å². The molecule has 1 atom stereocenters. The van der Waals surface area contributed by atoms with E-state index in [-0.39, 0.29) is 6.04 Å². The second-order valence-corrected chi connectivity index (χ2v) is 8.20. The summed E-state index contributed by atoms with van der Waals surface area (Å²) in [6, 6.07) is 17.4. The molecule has 30 heavy (non-hydrogen) atoms. The van der Waals surface area contributed by atoms with Gasteiger partial charge in [-0.2, -0.15) is 0 Å². The molecule has 3 N–H and O–H groups in total. The van der Waals surface area contributed by atoms with Gasteiger partial charge < -0.3 is 20.6 Å². The summed E-state index contributed by atoms with van der Waals surface area (Å²) in [5.41, 5.74) is 5.03. The Kier molecular flexibility index (Phi) is 8.14. The molecule has 1 heterocycles. The molecule has 3 rings (SSSR count). The second kappa shape index (κ2) is 11.0. The van der Waals surface area contributed by atoms with Gasteiger partial charge in [0.1, 0.15) is 0 Å². The molecule has 1 unspecified atom stereocenters. The van der Waals surface area contributed by atoms with E-state index in [0.717, 1.165) is 38.4 Å². The maximum Gasteiger partial charge on any atom is 0.192 e. The van der Waals surface area contributed by atoms with Crippen molar-refractivity contribution in [2.24, 2.45) is 10.9 Å². The van der Waals surface area contributed by atoms with Crippen molar-refractivity contribution in [3.63, 3.8) is 0 Å². The van der Waals surface area contributed by atoms with Crippen molar-refractivity contribution >= 4 is 11.6 Å². The first kappa shape index (κ1) is 22.2. The molecular weight excluding hydrogens is 372 g/mol. The molecule has 0 bridgehead atoms. The Morgan fingerprint density at radius 1 is 1.13 bits per heavy atom. The average molecular weight is 409 g/mol. The van der Waals surface area contributed by atoms with Gasteiger partial charge in [0, 0.05) is 31.9 Å². The smallest absolute Gasteiger partial charge is 0.192 e. The number of hydrogen-bond donors (Lipinski definition) is 3. The first-order valence-electron chi connectivity index (χ1n) is 11.2. The normalized spacial score (nSPS) is 16.4. The lowest BCUT2D eigenvalue weighted by Crippen LogP contribution is -2.38. The third-order valence-electron chi connectivity index (χ3n) is 5.95. The van der Waals surface area contributed by atoms with Crippen LogP contribution in [0.25, 0.3) is 0 Å². The number of guanidine groups is 1. The van der Waals surface area contributed by atoms with Crippen LogP contribution in [-0.2, 0) is 6.54 Å². The van der Waals surface area contributed by atoms with Gasteiger partial charge in [-0.1, -0.05) is 36.4 Å². The largest absolute Gasteiger partial charge is 0.396 e.